The molecule has 2 aromatic rings. The number of carbonyl (C=O) groups is 1. The number of fused-ring (bicyclic) bond motifs is 1. The van der Waals surface area contributed by atoms with Crippen molar-refractivity contribution in [2.45, 2.75) is 32.1 Å². The highest BCUT2D eigenvalue weighted by Gasteiger charge is 2.05. The molecule has 0 radical (unpaired) electrons. The second kappa shape index (κ2) is 7.60. The Balaban J connectivity index is 1.90. The molecule has 20 heavy (non-hydrogen) atoms. The standard InChI is InChI=1S/C16H21N3O/c17-10-4-2-1-3-8-16(20)19-15-7-5-6-13-12-18-11-9-14(13)15/h5-7,9,11-12H,1-4,8,10,17H2,(H,19,20). The summed E-state index contributed by atoms with van der Waals surface area (Å²) in [4.78, 5) is 16.0. The van der Waals surface area contributed by atoms with Gasteiger partial charge in [-0.1, -0.05) is 25.0 Å². The summed E-state index contributed by atoms with van der Waals surface area (Å²) in [6, 6.07) is 7.77. The molecular formula is C16H21N3O. The first-order chi connectivity index (χ1) is 9.81. The number of unbranched alkanes of at least 4 members (excludes halogenated alkanes) is 3. The lowest BCUT2D eigenvalue weighted by Crippen LogP contribution is -2.11. The van der Waals surface area contributed by atoms with Gasteiger partial charge in [0.05, 0.1) is 0 Å². The van der Waals surface area contributed by atoms with Crippen LogP contribution in [0.1, 0.15) is 32.1 Å². The maximum atomic E-state index is 11.9. The predicted molar refractivity (Wildman–Crippen MR) is 82.5 cm³/mol. The minimum absolute atomic E-state index is 0.0714. The molecule has 1 amide bonds. The lowest BCUT2D eigenvalue weighted by atomic mass is 10.1. The zero-order valence-corrected chi connectivity index (χ0v) is 11.6. The van der Waals surface area contributed by atoms with Crippen LogP contribution in [-0.2, 0) is 4.79 Å². The van der Waals surface area contributed by atoms with Crippen LogP contribution >= 0.6 is 0 Å². The van der Waals surface area contributed by atoms with E-state index in [9.17, 15) is 4.79 Å². The number of hydrogen-bond donors (Lipinski definition) is 2. The van der Waals surface area contributed by atoms with E-state index in [2.05, 4.69) is 10.3 Å². The maximum absolute atomic E-state index is 11.9. The number of aromatic nitrogens is 1. The number of rotatable bonds is 7. The Hall–Kier alpha value is -1.94. The largest absolute Gasteiger partial charge is 0.330 e. The smallest absolute Gasteiger partial charge is 0.224 e. The van der Waals surface area contributed by atoms with E-state index in [4.69, 9.17) is 5.73 Å². The van der Waals surface area contributed by atoms with Gasteiger partial charge in [0.2, 0.25) is 5.91 Å². The van der Waals surface area contributed by atoms with Gasteiger partial charge in [0.15, 0.2) is 0 Å². The fourth-order valence-corrected chi connectivity index (χ4v) is 2.23. The summed E-state index contributed by atoms with van der Waals surface area (Å²) in [5.41, 5.74) is 6.30. The third-order valence-electron chi connectivity index (χ3n) is 3.31. The third kappa shape index (κ3) is 4.03. The van der Waals surface area contributed by atoms with Gasteiger partial charge in [-0.25, -0.2) is 0 Å². The average molecular weight is 271 g/mol. The summed E-state index contributed by atoms with van der Waals surface area (Å²) in [7, 11) is 0. The molecule has 2 rings (SSSR count). The van der Waals surface area contributed by atoms with Gasteiger partial charge < -0.3 is 11.1 Å². The molecule has 1 heterocycles. The van der Waals surface area contributed by atoms with Crippen molar-refractivity contribution < 1.29 is 4.79 Å². The Labute approximate surface area is 119 Å². The maximum Gasteiger partial charge on any atom is 0.224 e. The minimum atomic E-state index is 0.0714. The van der Waals surface area contributed by atoms with Crippen LogP contribution in [0.25, 0.3) is 10.8 Å². The summed E-state index contributed by atoms with van der Waals surface area (Å²) in [5.74, 6) is 0.0714. The first-order valence-electron chi connectivity index (χ1n) is 7.14. The molecule has 0 saturated carbocycles. The number of hydrogen-bond acceptors (Lipinski definition) is 3. The Morgan fingerprint density at radius 1 is 1.15 bits per heavy atom. The van der Waals surface area contributed by atoms with Crippen LogP contribution in [-0.4, -0.2) is 17.4 Å². The number of pyridine rings is 1. The van der Waals surface area contributed by atoms with Crippen molar-refractivity contribution in [1.29, 1.82) is 0 Å². The van der Waals surface area contributed by atoms with Crippen molar-refractivity contribution >= 4 is 22.4 Å². The van der Waals surface area contributed by atoms with Gasteiger partial charge in [0.25, 0.3) is 0 Å². The summed E-state index contributed by atoms with van der Waals surface area (Å²) in [6.45, 7) is 0.732. The van der Waals surface area contributed by atoms with Crippen LogP contribution in [0.15, 0.2) is 36.7 Å². The van der Waals surface area contributed by atoms with Crippen LogP contribution in [0.2, 0.25) is 0 Å². The number of amides is 1. The number of carbonyl (C=O) groups excluding carboxylic acids is 1. The van der Waals surface area contributed by atoms with Crippen molar-refractivity contribution in [2.24, 2.45) is 5.73 Å². The SMILES string of the molecule is NCCCCCCC(=O)Nc1cccc2cnccc12. The number of nitrogens with two attached hydrogens (primary N) is 1. The average Bonchev–Trinajstić information content (AvgIpc) is 2.47. The molecule has 0 atom stereocenters. The van der Waals surface area contributed by atoms with Gasteiger partial charge in [0, 0.05) is 35.3 Å². The van der Waals surface area contributed by atoms with Crippen molar-refractivity contribution in [3.8, 4) is 0 Å². The van der Waals surface area contributed by atoms with Gasteiger partial charge in [0.1, 0.15) is 0 Å². The molecule has 106 valence electrons. The first-order valence-corrected chi connectivity index (χ1v) is 7.14. The predicted octanol–water partition coefficient (Wildman–Crippen LogP) is 3.08. The normalized spacial score (nSPS) is 10.7. The highest BCUT2D eigenvalue weighted by molar-refractivity contribution is 6.01. The summed E-state index contributed by atoms with van der Waals surface area (Å²) in [6.07, 6.45) is 8.22. The van der Waals surface area contributed by atoms with Gasteiger partial charge >= 0.3 is 0 Å². The van der Waals surface area contributed by atoms with Crippen LogP contribution in [0, 0.1) is 0 Å². The fourth-order valence-electron chi connectivity index (χ4n) is 2.23. The molecular weight excluding hydrogens is 250 g/mol. The summed E-state index contributed by atoms with van der Waals surface area (Å²) < 4.78 is 0. The van der Waals surface area contributed by atoms with E-state index in [1.807, 2.05) is 24.3 Å². The first kappa shape index (κ1) is 14.5. The number of nitrogens with one attached hydrogen (secondary N) is 1. The molecule has 0 spiro atoms. The summed E-state index contributed by atoms with van der Waals surface area (Å²) >= 11 is 0. The monoisotopic (exact) mass is 271 g/mol. The Morgan fingerprint density at radius 3 is 2.85 bits per heavy atom. The molecule has 0 bridgehead atoms. The zero-order chi connectivity index (χ0) is 14.2. The van der Waals surface area contributed by atoms with E-state index in [1.165, 1.54) is 0 Å². The molecule has 4 heteroatoms. The van der Waals surface area contributed by atoms with Gasteiger partial charge in [-0.2, -0.15) is 0 Å². The molecule has 1 aromatic heterocycles. The zero-order valence-electron chi connectivity index (χ0n) is 11.6. The number of nitrogens with zero attached hydrogens (tertiary/aromatic N) is 1. The van der Waals surface area contributed by atoms with Crippen molar-refractivity contribution in [1.82, 2.24) is 4.98 Å². The van der Waals surface area contributed by atoms with Gasteiger partial charge in [-0.3, -0.25) is 9.78 Å². The molecule has 0 aliphatic rings. The molecule has 0 saturated heterocycles. The second-order valence-corrected chi connectivity index (χ2v) is 4.90. The Bertz CT molecular complexity index is 563. The molecule has 0 fully saturated rings. The Morgan fingerprint density at radius 2 is 2.00 bits per heavy atom. The van der Waals surface area contributed by atoms with E-state index in [1.54, 1.807) is 12.4 Å². The van der Waals surface area contributed by atoms with Crippen molar-refractivity contribution in [3.05, 3.63) is 36.7 Å². The van der Waals surface area contributed by atoms with Crippen LogP contribution in [0.5, 0.6) is 0 Å². The molecule has 0 aliphatic heterocycles. The summed E-state index contributed by atoms with van der Waals surface area (Å²) in [5, 5.41) is 5.05. The molecule has 3 N–H and O–H groups in total. The van der Waals surface area contributed by atoms with Crippen molar-refractivity contribution in [2.75, 3.05) is 11.9 Å². The van der Waals surface area contributed by atoms with Gasteiger partial charge in [-0.15, -0.1) is 0 Å². The third-order valence-corrected chi connectivity index (χ3v) is 3.31. The minimum Gasteiger partial charge on any atom is -0.330 e. The quantitative estimate of drug-likeness (QED) is 0.760. The van der Waals surface area contributed by atoms with E-state index in [0.29, 0.717) is 6.42 Å². The molecule has 4 nitrogen and oxygen atoms in total. The van der Waals surface area contributed by atoms with Crippen LogP contribution < -0.4 is 11.1 Å². The van der Waals surface area contributed by atoms with Crippen LogP contribution in [0.4, 0.5) is 5.69 Å². The van der Waals surface area contributed by atoms with E-state index >= 15 is 0 Å². The van der Waals surface area contributed by atoms with Crippen LogP contribution in [0.3, 0.4) is 0 Å². The van der Waals surface area contributed by atoms with Gasteiger partial charge in [-0.05, 0) is 31.5 Å². The topological polar surface area (TPSA) is 68.0 Å². The molecule has 0 aliphatic carbocycles. The lowest BCUT2D eigenvalue weighted by molar-refractivity contribution is -0.116. The number of benzene rings is 1. The Kier molecular flexibility index (Phi) is 5.50. The van der Waals surface area contributed by atoms with E-state index in [0.717, 1.165) is 48.7 Å². The molecule has 0 unspecified atom stereocenters. The van der Waals surface area contributed by atoms with E-state index < -0.39 is 0 Å². The number of anilines is 1. The molecule has 1 aromatic carbocycles. The second-order valence-electron chi connectivity index (χ2n) is 4.90. The lowest BCUT2D eigenvalue weighted by Gasteiger charge is -2.08. The highest BCUT2D eigenvalue weighted by atomic mass is 16.1. The van der Waals surface area contributed by atoms with E-state index in [-0.39, 0.29) is 5.91 Å². The fraction of sp³-hybridized carbons (Fsp3) is 0.375. The van der Waals surface area contributed by atoms with Crippen molar-refractivity contribution in [3.63, 3.8) is 0 Å². The highest BCUT2D eigenvalue weighted by Crippen LogP contribution is 2.22.